The van der Waals surface area contributed by atoms with Crippen LogP contribution in [0.15, 0.2) is 78.1 Å². The number of aromatic nitrogens is 1. The molecular formula is C19H16ClN3O2. The molecule has 0 fully saturated rings. The summed E-state index contributed by atoms with van der Waals surface area (Å²) in [5, 5.41) is 4.52. The highest BCUT2D eigenvalue weighted by molar-refractivity contribution is 6.31. The Morgan fingerprint density at radius 1 is 1.00 bits per heavy atom. The monoisotopic (exact) mass is 353 g/mol. The first-order valence-corrected chi connectivity index (χ1v) is 7.98. The van der Waals surface area contributed by atoms with Gasteiger partial charge >= 0.3 is 0 Å². The normalized spacial score (nSPS) is 11.2. The molecule has 0 atom stereocenters. The van der Waals surface area contributed by atoms with Crippen molar-refractivity contribution in [3.05, 3.63) is 89.1 Å². The Hall–Kier alpha value is -3.05. The Kier molecular flexibility index (Phi) is 5.49. The van der Waals surface area contributed by atoms with Crippen LogP contribution in [0.4, 0.5) is 0 Å². The van der Waals surface area contributed by atoms with Gasteiger partial charge in [0.2, 0.25) is 5.88 Å². The van der Waals surface area contributed by atoms with Crippen molar-refractivity contribution < 1.29 is 9.57 Å². The van der Waals surface area contributed by atoms with E-state index in [0.717, 1.165) is 5.56 Å². The van der Waals surface area contributed by atoms with Crippen LogP contribution >= 0.6 is 11.6 Å². The molecule has 1 heterocycles. The summed E-state index contributed by atoms with van der Waals surface area (Å²) in [5.74, 6) is 1.41. The van der Waals surface area contributed by atoms with E-state index < -0.39 is 0 Å². The first-order chi connectivity index (χ1) is 12.2. The fourth-order valence-electron chi connectivity index (χ4n) is 2.04. The number of pyridine rings is 1. The number of ether oxygens (including phenoxy) is 1. The smallest absolute Gasteiger partial charge is 0.219 e. The van der Waals surface area contributed by atoms with Gasteiger partial charge < -0.3 is 15.3 Å². The molecule has 0 amide bonds. The zero-order chi connectivity index (χ0) is 17.5. The number of amidine groups is 1. The molecule has 0 aliphatic heterocycles. The van der Waals surface area contributed by atoms with Gasteiger partial charge in [-0.15, -0.1) is 0 Å². The minimum Gasteiger partial charge on any atom is -0.439 e. The lowest BCUT2D eigenvalue weighted by Crippen LogP contribution is -2.14. The molecular weight excluding hydrogens is 338 g/mol. The molecule has 0 radical (unpaired) electrons. The van der Waals surface area contributed by atoms with E-state index >= 15 is 0 Å². The minimum atomic E-state index is 0.228. The average molecular weight is 354 g/mol. The van der Waals surface area contributed by atoms with E-state index in [1.54, 1.807) is 24.4 Å². The summed E-state index contributed by atoms with van der Waals surface area (Å²) in [5.41, 5.74) is 7.39. The molecule has 6 heteroatoms. The van der Waals surface area contributed by atoms with Crippen molar-refractivity contribution in [3.63, 3.8) is 0 Å². The zero-order valence-electron chi connectivity index (χ0n) is 13.3. The number of hydrogen-bond acceptors (Lipinski definition) is 4. The van der Waals surface area contributed by atoms with Crippen LogP contribution in [0.25, 0.3) is 0 Å². The third kappa shape index (κ3) is 4.71. The quantitative estimate of drug-likeness (QED) is 0.406. The van der Waals surface area contributed by atoms with Gasteiger partial charge in [-0.2, -0.15) is 0 Å². The number of halogens is 1. The molecule has 0 bridgehead atoms. The van der Waals surface area contributed by atoms with E-state index in [1.807, 2.05) is 48.5 Å². The lowest BCUT2D eigenvalue weighted by atomic mass is 10.2. The first kappa shape index (κ1) is 16.8. The van der Waals surface area contributed by atoms with Gasteiger partial charge in [0.1, 0.15) is 12.4 Å². The molecule has 0 aliphatic carbocycles. The molecule has 2 aromatic carbocycles. The van der Waals surface area contributed by atoms with Gasteiger partial charge in [-0.1, -0.05) is 53.2 Å². The van der Waals surface area contributed by atoms with Crippen LogP contribution in [0.2, 0.25) is 5.02 Å². The van der Waals surface area contributed by atoms with Crippen molar-refractivity contribution in [2.75, 3.05) is 0 Å². The number of para-hydroxylation sites is 1. The molecule has 0 saturated heterocycles. The van der Waals surface area contributed by atoms with E-state index in [4.69, 9.17) is 26.9 Å². The van der Waals surface area contributed by atoms with Gasteiger partial charge in [0.15, 0.2) is 5.84 Å². The summed E-state index contributed by atoms with van der Waals surface area (Å²) in [7, 11) is 0. The molecule has 0 aliphatic rings. The second-order valence-electron chi connectivity index (χ2n) is 5.14. The standard InChI is InChI=1S/C19H16ClN3O2/c20-17-9-5-4-6-15(17)13-24-23-19(21)14-10-11-18(22-12-14)25-16-7-2-1-3-8-16/h1-12H,13H2,(H2,21,23). The van der Waals surface area contributed by atoms with Gasteiger partial charge in [-0.25, -0.2) is 4.98 Å². The molecule has 1 aromatic heterocycles. The van der Waals surface area contributed by atoms with Crippen molar-refractivity contribution in [1.29, 1.82) is 0 Å². The SMILES string of the molecule is N/C(=N/OCc1ccccc1Cl)c1ccc(Oc2ccccc2)nc1. The van der Waals surface area contributed by atoms with Crippen molar-refractivity contribution in [2.45, 2.75) is 6.61 Å². The Balaban J connectivity index is 1.60. The number of oxime groups is 1. The van der Waals surface area contributed by atoms with Crippen molar-refractivity contribution in [1.82, 2.24) is 4.98 Å². The summed E-state index contributed by atoms with van der Waals surface area (Å²) < 4.78 is 5.63. The topological polar surface area (TPSA) is 69.7 Å². The largest absolute Gasteiger partial charge is 0.439 e. The highest BCUT2D eigenvalue weighted by Gasteiger charge is 2.04. The highest BCUT2D eigenvalue weighted by Crippen LogP contribution is 2.19. The predicted molar refractivity (Wildman–Crippen MR) is 97.7 cm³/mol. The maximum Gasteiger partial charge on any atom is 0.219 e. The lowest BCUT2D eigenvalue weighted by Gasteiger charge is -2.06. The second-order valence-corrected chi connectivity index (χ2v) is 5.55. The number of benzene rings is 2. The molecule has 3 aromatic rings. The number of nitrogens with two attached hydrogens (primary N) is 1. The van der Waals surface area contributed by atoms with Gasteiger partial charge in [0, 0.05) is 28.4 Å². The number of rotatable bonds is 6. The van der Waals surface area contributed by atoms with Crippen LogP contribution in [0, 0.1) is 0 Å². The summed E-state index contributed by atoms with van der Waals surface area (Å²) in [6.45, 7) is 0.239. The van der Waals surface area contributed by atoms with Crippen molar-refractivity contribution >= 4 is 17.4 Å². The van der Waals surface area contributed by atoms with Crippen LogP contribution in [0.1, 0.15) is 11.1 Å². The van der Waals surface area contributed by atoms with E-state index in [1.165, 1.54) is 0 Å². The van der Waals surface area contributed by atoms with Crippen molar-refractivity contribution in [2.24, 2.45) is 10.9 Å². The Bertz CT molecular complexity index is 852. The number of nitrogens with zero attached hydrogens (tertiary/aromatic N) is 2. The molecule has 0 spiro atoms. The van der Waals surface area contributed by atoms with Gasteiger partial charge in [-0.3, -0.25) is 0 Å². The summed E-state index contributed by atoms with van der Waals surface area (Å²) >= 11 is 6.06. The van der Waals surface area contributed by atoms with Crippen molar-refractivity contribution in [3.8, 4) is 11.6 Å². The molecule has 5 nitrogen and oxygen atoms in total. The Morgan fingerprint density at radius 3 is 2.48 bits per heavy atom. The lowest BCUT2D eigenvalue weighted by molar-refractivity contribution is 0.130. The zero-order valence-corrected chi connectivity index (χ0v) is 14.1. The highest BCUT2D eigenvalue weighted by atomic mass is 35.5. The maximum atomic E-state index is 6.06. The van der Waals surface area contributed by atoms with Gasteiger partial charge in [0.05, 0.1) is 0 Å². The third-order valence-corrected chi connectivity index (χ3v) is 3.71. The summed E-state index contributed by atoms with van der Waals surface area (Å²) in [6.07, 6.45) is 1.58. The van der Waals surface area contributed by atoms with Crippen LogP contribution in [-0.4, -0.2) is 10.8 Å². The predicted octanol–water partition coefficient (Wildman–Crippen LogP) is 4.36. The van der Waals surface area contributed by atoms with E-state index in [-0.39, 0.29) is 12.4 Å². The maximum absolute atomic E-state index is 6.06. The Morgan fingerprint density at radius 2 is 1.76 bits per heavy atom. The van der Waals surface area contributed by atoms with Crippen LogP contribution in [-0.2, 0) is 11.4 Å². The molecule has 126 valence electrons. The van der Waals surface area contributed by atoms with Crippen LogP contribution < -0.4 is 10.5 Å². The van der Waals surface area contributed by atoms with Crippen LogP contribution in [0.5, 0.6) is 11.6 Å². The molecule has 25 heavy (non-hydrogen) atoms. The van der Waals surface area contributed by atoms with E-state index in [9.17, 15) is 0 Å². The Labute approximate surface area is 150 Å². The molecule has 2 N–H and O–H groups in total. The first-order valence-electron chi connectivity index (χ1n) is 7.60. The summed E-state index contributed by atoms with van der Waals surface area (Å²) in [4.78, 5) is 9.48. The average Bonchev–Trinajstić information content (AvgIpc) is 2.65. The fraction of sp³-hybridized carbons (Fsp3) is 0.0526. The fourth-order valence-corrected chi connectivity index (χ4v) is 2.23. The second kappa shape index (κ2) is 8.17. The van der Waals surface area contributed by atoms with E-state index in [2.05, 4.69) is 10.1 Å². The summed E-state index contributed by atoms with van der Waals surface area (Å²) in [6, 6.07) is 20.3. The molecule has 0 unspecified atom stereocenters. The molecule has 3 rings (SSSR count). The van der Waals surface area contributed by atoms with Gasteiger partial charge in [0.25, 0.3) is 0 Å². The van der Waals surface area contributed by atoms with Crippen LogP contribution in [0.3, 0.4) is 0 Å². The minimum absolute atomic E-state index is 0.228. The molecule has 0 saturated carbocycles. The van der Waals surface area contributed by atoms with Gasteiger partial charge in [-0.05, 0) is 24.3 Å². The van der Waals surface area contributed by atoms with E-state index in [0.29, 0.717) is 22.2 Å². The number of hydrogen-bond donors (Lipinski definition) is 1. The third-order valence-electron chi connectivity index (χ3n) is 3.34.